The van der Waals surface area contributed by atoms with Crippen LogP contribution >= 0.6 is 11.8 Å². The lowest BCUT2D eigenvalue weighted by Crippen LogP contribution is -2.28. The van der Waals surface area contributed by atoms with Gasteiger partial charge in [-0.1, -0.05) is 66.7 Å². The van der Waals surface area contributed by atoms with Crippen LogP contribution in [0.4, 0.5) is 11.4 Å². The molecular weight excluding hydrogens is 432 g/mol. The number of hydrogen-bond donors (Lipinski definition) is 1. The van der Waals surface area contributed by atoms with Gasteiger partial charge in [-0.25, -0.2) is 9.79 Å². The van der Waals surface area contributed by atoms with Gasteiger partial charge in [-0.3, -0.25) is 9.69 Å². The van der Waals surface area contributed by atoms with Gasteiger partial charge >= 0.3 is 5.97 Å². The van der Waals surface area contributed by atoms with Crippen molar-refractivity contribution in [3.05, 3.63) is 113 Å². The van der Waals surface area contributed by atoms with E-state index >= 15 is 0 Å². The number of aliphatic imine (C=N–C) groups is 1. The number of rotatable bonds is 4. The number of amidine groups is 1. The van der Waals surface area contributed by atoms with E-state index in [1.807, 2.05) is 78.9 Å². The monoisotopic (exact) mass is 450 g/mol. The minimum Gasteiger partial charge on any atom is -0.478 e. The van der Waals surface area contributed by atoms with Gasteiger partial charge in [0.2, 0.25) is 0 Å². The van der Waals surface area contributed by atoms with E-state index in [4.69, 9.17) is 0 Å². The first-order valence-electron chi connectivity index (χ1n) is 10.3. The quantitative estimate of drug-likeness (QED) is 0.368. The maximum absolute atomic E-state index is 13.5. The minimum atomic E-state index is -1.02. The smallest absolute Gasteiger partial charge is 0.335 e. The summed E-state index contributed by atoms with van der Waals surface area (Å²) >= 11 is 1.27. The third-order valence-corrected chi connectivity index (χ3v) is 6.22. The van der Waals surface area contributed by atoms with Gasteiger partial charge in [0, 0.05) is 0 Å². The second kappa shape index (κ2) is 8.76. The molecule has 6 heteroatoms. The molecular formula is C27H18N2O3S. The van der Waals surface area contributed by atoms with Crippen molar-refractivity contribution in [3.63, 3.8) is 0 Å². The first-order valence-corrected chi connectivity index (χ1v) is 11.1. The van der Waals surface area contributed by atoms with Crippen LogP contribution in [0.15, 0.2) is 107 Å². The Kier molecular flexibility index (Phi) is 5.50. The lowest BCUT2D eigenvalue weighted by Gasteiger charge is -2.15. The molecule has 4 aromatic carbocycles. The first kappa shape index (κ1) is 20.7. The van der Waals surface area contributed by atoms with E-state index < -0.39 is 5.97 Å². The number of carbonyl (C=O) groups excluding carboxylic acids is 1. The van der Waals surface area contributed by atoms with Gasteiger partial charge in [0.1, 0.15) is 0 Å². The van der Waals surface area contributed by atoms with Crippen molar-refractivity contribution < 1.29 is 14.7 Å². The van der Waals surface area contributed by atoms with Crippen LogP contribution in [0.3, 0.4) is 0 Å². The van der Waals surface area contributed by atoms with Crippen LogP contribution in [0.1, 0.15) is 15.9 Å². The summed E-state index contributed by atoms with van der Waals surface area (Å²) in [6.45, 7) is 0. The minimum absolute atomic E-state index is 0.143. The number of aromatic carboxylic acids is 1. The van der Waals surface area contributed by atoms with Crippen molar-refractivity contribution in [3.8, 4) is 0 Å². The number of anilines is 1. The second-order valence-corrected chi connectivity index (χ2v) is 8.41. The van der Waals surface area contributed by atoms with Crippen LogP contribution in [0.25, 0.3) is 16.8 Å². The second-order valence-electron chi connectivity index (χ2n) is 7.40. The molecule has 1 fully saturated rings. The normalized spacial score (nSPS) is 16.1. The van der Waals surface area contributed by atoms with Crippen LogP contribution in [0, 0.1) is 0 Å². The fourth-order valence-electron chi connectivity index (χ4n) is 3.69. The lowest BCUT2D eigenvalue weighted by atomic mass is 10.0. The standard InChI is InChI=1S/C27H18N2O3S/c30-25-24(17-19-10-6-9-18-8-4-5-15-23(18)19)33-27(29(25)22-13-2-1-3-14-22)28-21-12-7-11-20(16-21)26(31)32/h1-17H,(H,31,32)/b24-17-,28-27?. The SMILES string of the molecule is O=C(O)c1cccc(N=C2S/C(=C\c3cccc4ccccc34)C(=O)N2c2ccccc2)c1. The number of nitrogens with zero attached hydrogens (tertiary/aromatic N) is 2. The van der Waals surface area contributed by atoms with Gasteiger partial charge in [0.25, 0.3) is 5.91 Å². The van der Waals surface area contributed by atoms with Gasteiger partial charge < -0.3 is 5.11 Å². The topological polar surface area (TPSA) is 70.0 Å². The Morgan fingerprint density at radius 1 is 0.879 bits per heavy atom. The Morgan fingerprint density at radius 3 is 2.42 bits per heavy atom. The van der Waals surface area contributed by atoms with Gasteiger partial charge in [0.15, 0.2) is 5.17 Å². The van der Waals surface area contributed by atoms with E-state index in [0.717, 1.165) is 16.3 Å². The zero-order valence-electron chi connectivity index (χ0n) is 17.4. The number of amides is 1. The van der Waals surface area contributed by atoms with Crippen molar-refractivity contribution in [2.75, 3.05) is 4.90 Å². The van der Waals surface area contributed by atoms with E-state index in [1.54, 1.807) is 17.0 Å². The summed E-state index contributed by atoms with van der Waals surface area (Å²) in [6.07, 6.45) is 1.89. The number of carbonyl (C=O) groups is 2. The fourth-order valence-corrected chi connectivity index (χ4v) is 4.68. The maximum atomic E-state index is 13.5. The van der Waals surface area contributed by atoms with E-state index in [2.05, 4.69) is 4.99 Å². The summed E-state index contributed by atoms with van der Waals surface area (Å²) in [5.41, 5.74) is 2.26. The summed E-state index contributed by atoms with van der Waals surface area (Å²) in [6, 6.07) is 29.7. The molecule has 0 aliphatic carbocycles. The molecule has 0 atom stereocenters. The van der Waals surface area contributed by atoms with E-state index in [9.17, 15) is 14.7 Å². The zero-order chi connectivity index (χ0) is 22.8. The number of carboxylic acids is 1. The van der Waals surface area contributed by atoms with Crippen molar-refractivity contribution in [1.29, 1.82) is 0 Å². The highest BCUT2D eigenvalue weighted by Gasteiger charge is 2.34. The average molecular weight is 451 g/mol. The summed E-state index contributed by atoms with van der Waals surface area (Å²) in [5, 5.41) is 11.9. The summed E-state index contributed by atoms with van der Waals surface area (Å²) < 4.78 is 0. The Labute approximate surface area is 194 Å². The van der Waals surface area contributed by atoms with Crippen LogP contribution in [0.5, 0.6) is 0 Å². The van der Waals surface area contributed by atoms with E-state index in [-0.39, 0.29) is 11.5 Å². The van der Waals surface area contributed by atoms with Crippen LogP contribution < -0.4 is 4.90 Å². The van der Waals surface area contributed by atoms with Crippen LogP contribution in [-0.4, -0.2) is 22.2 Å². The molecule has 0 spiro atoms. The van der Waals surface area contributed by atoms with Crippen molar-refractivity contribution in [2.24, 2.45) is 4.99 Å². The van der Waals surface area contributed by atoms with Crippen LogP contribution in [-0.2, 0) is 4.79 Å². The molecule has 160 valence electrons. The summed E-state index contributed by atoms with van der Waals surface area (Å²) in [4.78, 5) is 31.6. The summed E-state index contributed by atoms with van der Waals surface area (Å²) in [7, 11) is 0. The van der Waals surface area contributed by atoms with Crippen molar-refractivity contribution >= 4 is 57.0 Å². The highest BCUT2D eigenvalue weighted by molar-refractivity contribution is 8.19. The third kappa shape index (κ3) is 4.16. The Hall–Kier alpha value is -4.16. The molecule has 0 saturated carbocycles. The van der Waals surface area contributed by atoms with Gasteiger partial charge in [-0.15, -0.1) is 0 Å². The molecule has 4 aromatic rings. The van der Waals surface area contributed by atoms with Crippen LogP contribution in [0.2, 0.25) is 0 Å². The first-order chi connectivity index (χ1) is 16.1. The molecule has 5 rings (SSSR count). The molecule has 0 aromatic heterocycles. The molecule has 1 aliphatic heterocycles. The number of fused-ring (bicyclic) bond motifs is 1. The Bertz CT molecular complexity index is 1440. The lowest BCUT2D eigenvalue weighted by molar-refractivity contribution is -0.113. The Balaban J connectivity index is 1.61. The van der Waals surface area contributed by atoms with E-state index in [0.29, 0.717) is 21.4 Å². The zero-order valence-corrected chi connectivity index (χ0v) is 18.2. The molecule has 1 N–H and O–H groups in total. The molecule has 5 nitrogen and oxygen atoms in total. The summed E-state index contributed by atoms with van der Waals surface area (Å²) in [5.74, 6) is -1.20. The molecule has 0 radical (unpaired) electrons. The van der Waals surface area contributed by atoms with Gasteiger partial charge in [0.05, 0.1) is 21.8 Å². The molecule has 33 heavy (non-hydrogen) atoms. The molecule has 1 amide bonds. The average Bonchev–Trinajstić information content (AvgIpc) is 3.14. The molecule has 1 aliphatic rings. The molecule has 0 unspecified atom stereocenters. The van der Waals surface area contributed by atoms with Crippen molar-refractivity contribution in [1.82, 2.24) is 0 Å². The van der Waals surface area contributed by atoms with Gasteiger partial charge in [-0.2, -0.15) is 0 Å². The van der Waals surface area contributed by atoms with Crippen molar-refractivity contribution in [2.45, 2.75) is 0 Å². The number of benzene rings is 4. The third-order valence-electron chi connectivity index (χ3n) is 5.25. The largest absolute Gasteiger partial charge is 0.478 e. The highest BCUT2D eigenvalue weighted by Crippen LogP contribution is 2.38. The van der Waals surface area contributed by atoms with Gasteiger partial charge in [-0.05, 0) is 64.5 Å². The number of thioether (sulfide) groups is 1. The fraction of sp³-hybridized carbons (Fsp3) is 0. The number of para-hydroxylation sites is 1. The predicted molar refractivity (Wildman–Crippen MR) is 134 cm³/mol. The Morgan fingerprint density at radius 2 is 1.61 bits per heavy atom. The predicted octanol–water partition coefficient (Wildman–Crippen LogP) is 6.35. The molecule has 1 heterocycles. The van der Waals surface area contributed by atoms with E-state index in [1.165, 1.54) is 23.9 Å². The molecule has 0 bridgehead atoms. The number of hydrogen-bond acceptors (Lipinski definition) is 4. The number of carboxylic acid groups (broad SMARTS) is 1. The molecule has 1 saturated heterocycles. The maximum Gasteiger partial charge on any atom is 0.335 e. The highest BCUT2D eigenvalue weighted by atomic mass is 32.2.